The molecular formula is C27H27ClFN3O2S. The Kier molecular flexibility index (Phi) is 6.91. The summed E-state index contributed by atoms with van der Waals surface area (Å²) in [6.45, 7) is 4.43. The van der Waals surface area contributed by atoms with Crippen LogP contribution in [0.5, 0.6) is 0 Å². The lowest BCUT2D eigenvalue weighted by Crippen LogP contribution is -2.57. The van der Waals surface area contributed by atoms with Gasteiger partial charge in [-0.1, -0.05) is 23.7 Å². The first-order valence-corrected chi connectivity index (χ1v) is 13.1. The van der Waals surface area contributed by atoms with Crippen LogP contribution < -0.4 is 0 Å². The highest BCUT2D eigenvalue weighted by Gasteiger charge is 2.34. The predicted octanol–water partition coefficient (Wildman–Crippen LogP) is 4.86. The SMILES string of the molecule is CC1CN(C(=O)CN2CCc3sccc3C2c2cccc(F)c2)CCN1C(=O)c1ccc(Cl)cc1. The summed E-state index contributed by atoms with van der Waals surface area (Å²) in [4.78, 5) is 33.5. The minimum Gasteiger partial charge on any atom is -0.338 e. The molecular weight excluding hydrogens is 485 g/mol. The van der Waals surface area contributed by atoms with Crippen molar-refractivity contribution in [2.24, 2.45) is 0 Å². The van der Waals surface area contributed by atoms with Crippen LogP contribution >= 0.6 is 22.9 Å². The van der Waals surface area contributed by atoms with Gasteiger partial charge in [0.1, 0.15) is 5.82 Å². The quantitative estimate of drug-likeness (QED) is 0.502. The van der Waals surface area contributed by atoms with Crippen LogP contribution in [0.2, 0.25) is 5.02 Å². The first-order chi connectivity index (χ1) is 16.9. The van der Waals surface area contributed by atoms with Gasteiger partial charge in [-0.2, -0.15) is 0 Å². The van der Waals surface area contributed by atoms with Crippen LogP contribution in [0.3, 0.4) is 0 Å². The number of benzene rings is 2. The lowest BCUT2D eigenvalue weighted by atomic mass is 9.93. The van der Waals surface area contributed by atoms with E-state index in [1.54, 1.807) is 47.7 Å². The smallest absolute Gasteiger partial charge is 0.254 e. The monoisotopic (exact) mass is 511 g/mol. The number of halogens is 2. The average molecular weight is 512 g/mol. The maximum absolute atomic E-state index is 14.1. The highest BCUT2D eigenvalue weighted by molar-refractivity contribution is 7.10. The Hall–Kier alpha value is -2.74. The lowest BCUT2D eigenvalue weighted by molar-refractivity contribution is -0.135. The van der Waals surface area contributed by atoms with Gasteiger partial charge in [-0.3, -0.25) is 14.5 Å². The number of rotatable bonds is 4. The first-order valence-electron chi connectivity index (χ1n) is 11.8. The second kappa shape index (κ2) is 10.1. The van der Waals surface area contributed by atoms with Gasteiger partial charge in [-0.15, -0.1) is 11.3 Å². The van der Waals surface area contributed by atoms with E-state index in [9.17, 15) is 14.0 Å². The third-order valence-electron chi connectivity index (χ3n) is 6.90. The molecule has 5 nitrogen and oxygen atoms in total. The highest BCUT2D eigenvalue weighted by Crippen LogP contribution is 2.37. The molecule has 1 fully saturated rings. The molecule has 8 heteroatoms. The van der Waals surface area contributed by atoms with Gasteiger partial charge < -0.3 is 9.80 Å². The second-order valence-corrected chi connectivity index (χ2v) is 10.6. The molecule has 35 heavy (non-hydrogen) atoms. The minimum atomic E-state index is -0.272. The van der Waals surface area contributed by atoms with E-state index >= 15 is 0 Å². The van der Waals surface area contributed by atoms with E-state index in [0.717, 1.165) is 24.1 Å². The zero-order valence-electron chi connectivity index (χ0n) is 19.5. The predicted molar refractivity (Wildman–Crippen MR) is 136 cm³/mol. The number of piperazine rings is 1. The van der Waals surface area contributed by atoms with Gasteiger partial charge in [0, 0.05) is 47.7 Å². The van der Waals surface area contributed by atoms with E-state index in [-0.39, 0.29) is 36.3 Å². The number of thiophene rings is 1. The summed E-state index contributed by atoms with van der Waals surface area (Å²) in [6.07, 6.45) is 0.881. The fraction of sp³-hybridized carbons (Fsp3) is 0.333. The average Bonchev–Trinajstić information content (AvgIpc) is 3.32. The molecule has 0 bridgehead atoms. The van der Waals surface area contributed by atoms with Crippen molar-refractivity contribution in [3.05, 3.63) is 92.4 Å². The Morgan fingerprint density at radius 3 is 2.63 bits per heavy atom. The fourth-order valence-electron chi connectivity index (χ4n) is 5.12. The molecule has 0 radical (unpaired) electrons. The topological polar surface area (TPSA) is 43.9 Å². The molecule has 0 spiro atoms. The third kappa shape index (κ3) is 4.99. The molecule has 3 aromatic rings. The summed E-state index contributed by atoms with van der Waals surface area (Å²) in [7, 11) is 0. The molecule has 0 saturated carbocycles. The number of hydrogen-bond acceptors (Lipinski definition) is 4. The van der Waals surface area contributed by atoms with Crippen molar-refractivity contribution in [2.45, 2.75) is 25.4 Å². The summed E-state index contributed by atoms with van der Waals surface area (Å²) >= 11 is 7.67. The van der Waals surface area contributed by atoms with Crippen LogP contribution in [0.1, 0.15) is 39.3 Å². The Morgan fingerprint density at radius 2 is 1.89 bits per heavy atom. The molecule has 2 aliphatic rings. The summed E-state index contributed by atoms with van der Waals surface area (Å²) in [6, 6.07) is 15.4. The molecule has 1 aromatic heterocycles. The van der Waals surface area contributed by atoms with Crippen LogP contribution in [0.25, 0.3) is 0 Å². The van der Waals surface area contributed by atoms with Crippen molar-refractivity contribution in [3.63, 3.8) is 0 Å². The summed E-state index contributed by atoms with van der Waals surface area (Å²) < 4.78 is 14.1. The van der Waals surface area contributed by atoms with Gasteiger partial charge in [0.2, 0.25) is 5.91 Å². The molecule has 1 saturated heterocycles. The van der Waals surface area contributed by atoms with Crippen molar-refractivity contribution in [1.29, 1.82) is 0 Å². The zero-order valence-corrected chi connectivity index (χ0v) is 21.1. The van der Waals surface area contributed by atoms with Crippen molar-refractivity contribution >= 4 is 34.8 Å². The van der Waals surface area contributed by atoms with E-state index in [1.807, 2.05) is 22.8 Å². The normalized spacial score (nSPS) is 20.5. The highest BCUT2D eigenvalue weighted by atomic mass is 35.5. The van der Waals surface area contributed by atoms with Crippen molar-refractivity contribution in [1.82, 2.24) is 14.7 Å². The van der Waals surface area contributed by atoms with Crippen molar-refractivity contribution < 1.29 is 14.0 Å². The zero-order chi connectivity index (χ0) is 24.5. The second-order valence-electron chi connectivity index (χ2n) is 9.17. The number of nitrogens with zero attached hydrogens (tertiary/aromatic N) is 3. The van der Waals surface area contributed by atoms with E-state index in [0.29, 0.717) is 30.2 Å². The summed E-state index contributed by atoms with van der Waals surface area (Å²) in [5.74, 6) is -0.282. The molecule has 2 unspecified atom stereocenters. The molecule has 3 heterocycles. The molecule has 0 aliphatic carbocycles. The maximum Gasteiger partial charge on any atom is 0.254 e. The summed E-state index contributed by atoms with van der Waals surface area (Å²) in [5.41, 5.74) is 2.62. The number of carbonyl (C=O) groups excluding carboxylic acids is 2. The Labute approximate surface area is 213 Å². The minimum absolute atomic E-state index is 0.0375. The van der Waals surface area contributed by atoms with Gasteiger partial charge in [0.15, 0.2) is 0 Å². The van der Waals surface area contributed by atoms with Gasteiger partial charge >= 0.3 is 0 Å². The molecule has 182 valence electrons. The van der Waals surface area contributed by atoms with Gasteiger partial charge in [0.05, 0.1) is 12.6 Å². The standard InChI is InChI=1S/C27H27ClFN3O2S/c1-18-16-30(12-13-32(18)27(34)19-5-7-21(28)8-6-19)25(33)17-31-11-9-24-23(10-14-35-24)26(31)20-3-2-4-22(29)15-20/h2-8,10,14-15,18,26H,9,11-13,16-17H2,1H3. The first kappa shape index (κ1) is 24.0. The number of hydrogen-bond donors (Lipinski definition) is 0. The third-order valence-corrected chi connectivity index (χ3v) is 8.15. The number of amides is 2. The number of fused-ring (bicyclic) bond motifs is 1. The molecule has 2 amide bonds. The van der Waals surface area contributed by atoms with E-state index in [1.165, 1.54) is 10.9 Å². The maximum atomic E-state index is 14.1. The van der Waals surface area contributed by atoms with Crippen molar-refractivity contribution in [2.75, 3.05) is 32.7 Å². The largest absolute Gasteiger partial charge is 0.338 e. The van der Waals surface area contributed by atoms with Crippen LogP contribution in [0.15, 0.2) is 60.0 Å². The lowest BCUT2D eigenvalue weighted by Gasteiger charge is -2.42. The van der Waals surface area contributed by atoms with Gasteiger partial charge in [0.25, 0.3) is 5.91 Å². The van der Waals surface area contributed by atoms with Gasteiger partial charge in [-0.25, -0.2) is 4.39 Å². The molecule has 0 N–H and O–H groups in total. The Bertz CT molecular complexity index is 1230. The van der Waals surface area contributed by atoms with Gasteiger partial charge in [-0.05, 0) is 72.3 Å². The fourth-order valence-corrected chi connectivity index (χ4v) is 6.15. The molecule has 2 aliphatic heterocycles. The summed E-state index contributed by atoms with van der Waals surface area (Å²) in [5, 5.41) is 2.66. The molecule has 5 rings (SSSR count). The Balaban J connectivity index is 1.28. The van der Waals surface area contributed by atoms with Crippen molar-refractivity contribution in [3.8, 4) is 0 Å². The van der Waals surface area contributed by atoms with Crippen LogP contribution in [0, 0.1) is 5.82 Å². The van der Waals surface area contributed by atoms with E-state index in [4.69, 9.17) is 11.6 Å². The van der Waals surface area contributed by atoms with Crippen LogP contribution in [0.4, 0.5) is 4.39 Å². The van der Waals surface area contributed by atoms with Crippen LogP contribution in [-0.4, -0.2) is 65.3 Å². The number of carbonyl (C=O) groups is 2. The molecule has 2 aromatic carbocycles. The van der Waals surface area contributed by atoms with E-state index < -0.39 is 0 Å². The molecule has 2 atom stereocenters. The Morgan fingerprint density at radius 1 is 1.09 bits per heavy atom. The van der Waals surface area contributed by atoms with Crippen LogP contribution in [-0.2, 0) is 11.2 Å². The van der Waals surface area contributed by atoms with E-state index in [2.05, 4.69) is 16.3 Å².